The van der Waals surface area contributed by atoms with Crippen LogP contribution in [-0.4, -0.2) is 16.1 Å². The fourth-order valence-corrected chi connectivity index (χ4v) is 10.7. The largest absolute Gasteiger partial charge is 0.125 e. The smallest absolute Gasteiger partial charge is 0.106 e. The number of hydrogen-bond donors (Lipinski definition) is 0. The van der Waals surface area contributed by atoms with E-state index in [4.69, 9.17) is 0 Å². The molecule has 0 rings (SSSR count). The first-order valence-electron chi connectivity index (χ1n) is 5.34. The molecule has 0 heterocycles. The van der Waals surface area contributed by atoms with Gasteiger partial charge in [0, 0.05) is 0 Å². The van der Waals surface area contributed by atoms with Crippen molar-refractivity contribution in [2.75, 3.05) is 0 Å². The lowest BCUT2D eigenvalue weighted by Gasteiger charge is -2.37. The topological polar surface area (TPSA) is 0 Å². The second-order valence-electron chi connectivity index (χ2n) is 3.95. The molecule has 0 aromatic carbocycles. The molecule has 0 saturated heterocycles. The summed E-state index contributed by atoms with van der Waals surface area (Å²) < 4.78 is 0. The van der Waals surface area contributed by atoms with Gasteiger partial charge in [-0.2, -0.15) is 0 Å². The van der Waals surface area contributed by atoms with Crippen molar-refractivity contribution < 1.29 is 0 Å². The SMILES string of the molecule is C=C[Si](C=C)(C=C)C(C)[Si](C=C)(C=C)C=C. The van der Waals surface area contributed by atoms with E-state index in [9.17, 15) is 0 Å². The van der Waals surface area contributed by atoms with Crippen molar-refractivity contribution in [2.45, 2.75) is 12.1 Å². The normalized spacial score (nSPS) is 11.6. The molecule has 0 aromatic heterocycles. The Morgan fingerprint density at radius 3 is 0.938 bits per heavy atom. The van der Waals surface area contributed by atoms with Gasteiger partial charge in [-0.05, 0) is 5.16 Å². The maximum Gasteiger partial charge on any atom is 0.125 e. The van der Waals surface area contributed by atoms with Crippen molar-refractivity contribution >= 4 is 16.1 Å². The predicted molar refractivity (Wildman–Crippen MR) is 82.1 cm³/mol. The quantitative estimate of drug-likeness (QED) is 0.564. The Hall–Kier alpha value is -1.13. The Balaban J connectivity index is 5.68. The van der Waals surface area contributed by atoms with Crippen LogP contribution in [-0.2, 0) is 0 Å². The molecule has 16 heavy (non-hydrogen) atoms. The molecule has 0 aliphatic rings. The maximum absolute atomic E-state index is 3.95. The van der Waals surface area contributed by atoms with E-state index in [2.05, 4.69) is 46.4 Å². The summed E-state index contributed by atoms with van der Waals surface area (Å²) in [5, 5.41) is 0.417. The molecule has 0 aliphatic heterocycles. The average molecular weight is 247 g/mol. The minimum atomic E-state index is -1.88. The Kier molecular flexibility index (Phi) is 5.41. The molecule has 0 spiro atoms. The molecular weight excluding hydrogens is 224 g/mol. The van der Waals surface area contributed by atoms with E-state index in [-0.39, 0.29) is 0 Å². The number of rotatable bonds is 8. The van der Waals surface area contributed by atoms with Gasteiger partial charge in [0.25, 0.3) is 0 Å². The van der Waals surface area contributed by atoms with Gasteiger partial charge in [0.2, 0.25) is 0 Å². The van der Waals surface area contributed by atoms with E-state index in [1.165, 1.54) is 0 Å². The third-order valence-corrected chi connectivity index (χ3v) is 13.9. The fourth-order valence-electron chi connectivity index (χ4n) is 1.99. The zero-order valence-electron chi connectivity index (χ0n) is 10.3. The van der Waals surface area contributed by atoms with Crippen molar-refractivity contribution in [3.63, 3.8) is 0 Å². The molecule has 0 radical (unpaired) electrons. The summed E-state index contributed by atoms with van der Waals surface area (Å²) in [5.41, 5.74) is 12.1. The molecular formula is C14H22Si2. The van der Waals surface area contributed by atoms with Crippen LogP contribution in [0.2, 0.25) is 5.16 Å². The summed E-state index contributed by atoms with van der Waals surface area (Å²) >= 11 is 0. The van der Waals surface area contributed by atoms with Crippen LogP contribution < -0.4 is 0 Å². The molecule has 0 amide bonds. The van der Waals surface area contributed by atoms with Crippen molar-refractivity contribution in [3.8, 4) is 0 Å². The summed E-state index contributed by atoms with van der Waals surface area (Å²) in [6.45, 7) is 25.9. The molecule has 0 fully saturated rings. The van der Waals surface area contributed by atoms with Gasteiger partial charge in [0.15, 0.2) is 0 Å². The molecule has 0 atom stereocenters. The van der Waals surface area contributed by atoms with E-state index in [0.717, 1.165) is 0 Å². The summed E-state index contributed by atoms with van der Waals surface area (Å²) in [6, 6.07) is 0. The van der Waals surface area contributed by atoms with Crippen LogP contribution in [0.5, 0.6) is 0 Å². The molecule has 0 aliphatic carbocycles. The summed E-state index contributed by atoms with van der Waals surface area (Å²) in [5.74, 6) is 0. The van der Waals surface area contributed by atoms with Crippen LogP contribution in [0.1, 0.15) is 6.92 Å². The summed E-state index contributed by atoms with van der Waals surface area (Å²) in [7, 11) is -3.76. The second-order valence-corrected chi connectivity index (χ2v) is 12.7. The lowest BCUT2D eigenvalue weighted by molar-refractivity contribution is 1.24. The highest BCUT2D eigenvalue weighted by molar-refractivity contribution is 7.11. The average Bonchev–Trinajstić information content (AvgIpc) is 2.35. The van der Waals surface area contributed by atoms with E-state index in [0.29, 0.717) is 5.16 Å². The lowest BCUT2D eigenvalue weighted by atomic mass is 10.9. The molecule has 86 valence electrons. The zero-order chi connectivity index (χ0) is 12.8. The number of hydrogen-bond acceptors (Lipinski definition) is 0. The van der Waals surface area contributed by atoms with Crippen molar-refractivity contribution in [1.29, 1.82) is 0 Å². The van der Waals surface area contributed by atoms with Gasteiger partial charge in [0.1, 0.15) is 16.1 Å². The first-order valence-corrected chi connectivity index (χ1v) is 9.96. The van der Waals surface area contributed by atoms with Crippen molar-refractivity contribution in [2.24, 2.45) is 0 Å². The van der Waals surface area contributed by atoms with E-state index < -0.39 is 16.1 Å². The van der Waals surface area contributed by atoms with Gasteiger partial charge < -0.3 is 0 Å². The molecule has 0 unspecified atom stereocenters. The van der Waals surface area contributed by atoms with Crippen LogP contribution in [0.3, 0.4) is 0 Å². The highest BCUT2D eigenvalue weighted by Crippen LogP contribution is 2.35. The molecule has 0 nitrogen and oxygen atoms in total. The van der Waals surface area contributed by atoms with Crippen LogP contribution in [0.25, 0.3) is 0 Å². The van der Waals surface area contributed by atoms with Crippen LogP contribution >= 0.6 is 0 Å². The maximum atomic E-state index is 3.95. The van der Waals surface area contributed by atoms with Crippen molar-refractivity contribution in [1.82, 2.24) is 0 Å². The van der Waals surface area contributed by atoms with Gasteiger partial charge in [-0.25, -0.2) is 0 Å². The third-order valence-electron chi connectivity index (χ3n) is 3.62. The highest BCUT2D eigenvalue weighted by atomic mass is 28.4. The van der Waals surface area contributed by atoms with E-state index >= 15 is 0 Å². The highest BCUT2D eigenvalue weighted by Gasteiger charge is 2.42. The Morgan fingerprint density at radius 1 is 0.625 bits per heavy atom. The van der Waals surface area contributed by atoms with Crippen LogP contribution in [0.4, 0.5) is 0 Å². The van der Waals surface area contributed by atoms with Gasteiger partial charge in [-0.1, -0.05) is 41.1 Å². The van der Waals surface area contributed by atoms with Gasteiger partial charge in [-0.3, -0.25) is 0 Å². The molecule has 0 saturated carbocycles. The molecule has 0 N–H and O–H groups in total. The third kappa shape index (κ3) is 2.18. The minimum Gasteiger partial charge on any atom is -0.106 e. The first-order chi connectivity index (χ1) is 7.52. The summed E-state index contributed by atoms with van der Waals surface area (Å²) in [6.07, 6.45) is 0. The van der Waals surface area contributed by atoms with E-state index in [1.54, 1.807) is 0 Å². The Bertz CT molecular complexity index is 250. The molecule has 0 aromatic rings. The monoisotopic (exact) mass is 246 g/mol. The predicted octanol–water partition coefficient (Wildman–Crippen LogP) is 4.16. The van der Waals surface area contributed by atoms with Crippen LogP contribution in [0.15, 0.2) is 73.7 Å². The Labute approximate surface area is 102 Å². The Morgan fingerprint density at radius 2 is 0.812 bits per heavy atom. The molecule has 2 heteroatoms. The second kappa shape index (κ2) is 5.82. The first kappa shape index (κ1) is 14.9. The standard InChI is InChI=1S/C14H22Si2/c1-8-15(9-2,10-3)14(7)16(11-4,12-5)13-6/h8-14H,1-6H2,7H3. The zero-order valence-corrected chi connectivity index (χ0v) is 12.3. The van der Waals surface area contributed by atoms with Crippen LogP contribution in [0, 0.1) is 0 Å². The van der Waals surface area contributed by atoms with Gasteiger partial charge in [0.05, 0.1) is 0 Å². The van der Waals surface area contributed by atoms with Gasteiger partial charge in [-0.15, -0.1) is 39.5 Å². The summed E-state index contributed by atoms with van der Waals surface area (Å²) in [4.78, 5) is 0. The van der Waals surface area contributed by atoms with E-state index in [1.807, 2.05) is 34.2 Å². The molecule has 0 bridgehead atoms. The van der Waals surface area contributed by atoms with Crippen molar-refractivity contribution in [3.05, 3.63) is 73.7 Å². The fraction of sp³-hybridized carbons (Fsp3) is 0.143. The lowest BCUT2D eigenvalue weighted by Crippen LogP contribution is -2.47. The van der Waals surface area contributed by atoms with Gasteiger partial charge >= 0.3 is 0 Å². The minimum absolute atomic E-state index is 0.417.